The smallest absolute Gasteiger partial charge is 0.164 e. The fourth-order valence-electron chi connectivity index (χ4n) is 4.95. The average molecular weight is 540 g/mol. The van der Waals surface area contributed by atoms with E-state index in [0.717, 1.165) is 44.5 Å². The maximum absolute atomic E-state index is 5.00. The van der Waals surface area contributed by atoms with E-state index in [1.165, 1.54) is 0 Å². The zero-order valence-corrected chi connectivity index (χ0v) is 22.7. The Morgan fingerprint density at radius 1 is 0.262 bits per heavy atom. The molecule has 0 unspecified atom stereocenters. The van der Waals surface area contributed by atoms with Gasteiger partial charge in [-0.2, -0.15) is 0 Å². The Morgan fingerprint density at radius 2 is 0.595 bits per heavy atom. The molecule has 5 nitrogen and oxygen atoms in total. The summed E-state index contributed by atoms with van der Waals surface area (Å²) in [6, 6.07) is 47.1. The summed E-state index contributed by atoms with van der Waals surface area (Å²) in [5.74, 6) is 2.46. The highest BCUT2D eigenvalue weighted by molar-refractivity contribution is 5.75. The molecule has 0 saturated heterocycles. The van der Waals surface area contributed by atoms with E-state index in [2.05, 4.69) is 58.5 Å². The number of hydrogen-bond acceptors (Lipinski definition) is 5. The van der Waals surface area contributed by atoms with Gasteiger partial charge in [-0.25, -0.2) is 24.9 Å². The molecule has 5 aromatic carbocycles. The third-order valence-electron chi connectivity index (χ3n) is 7.04. The van der Waals surface area contributed by atoms with Gasteiger partial charge >= 0.3 is 0 Å². The second-order valence-corrected chi connectivity index (χ2v) is 9.85. The quantitative estimate of drug-likeness (QED) is 0.212. The minimum atomic E-state index is 0.586. The maximum atomic E-state index is 5.00. The fourth-order valence-corrected chi connectivity index (χ4v) is 4.95. The largest absolute Gasteiger partial charge is 0.237 e. The van der Waals surface area contributed by atoms with Crippen molar-refractivity contribution in [3.63, 3.8) is 0 Å². The normalized spacial score (nSPS) is 10.9. The zero-order valence-electron chi connectivity index (χ0n) is 22.7. The second-order valence-electron chi connectivity index (χ2n) is 9.85. The summed E-state index contributed by atoms with van der Waals surface area (Å²) in [5.41, 5.74) is 8.08. The Bertz CT molecular complexity index is 1730. The van der Waals surface area contributed by atoms with Crippen molar-refractivity contribution in [2.75, 3.05) is 0 Å². The molecule has 0 fully saturated rings. The van der Waals surface area contributed by atoms with E-state index in [-0.39, 0.29) is 0 Å². The van der Waals surface area contributed by atoms with Gasteiger partial charge in [0.2, 0.25) is 0 Å². The first kappa shape index (κ1) is 25.2. The lowest BCUT2D eigenvalue weighted by Gasteiger charge is -2.11. The van der Waals surface area contributed by atoms with Crippen LogP contribution < -0.4 is 0 Å². The monoisotopic (exact) mass is 539 g/mol. The van der Waals surface area contributed by atoms with Gasteiger partial charge in [0.05, 0.1) is 0 Å². The molecule has 0 bridgehead atoms. The van der Waals surface area contributed by atoms with Gasteiger partial charge < -0.3 is 0 Å². The molecule has 0 saturated carbocycles. The van der Waals surface area contributed by atoms with Crippen LogP contribution in [-0.4, -0.2) is 24.9 Å². The molecule has 0 amide bonds. The lowest BCUT2D eigenvalue weighted by atomic mass is 10.0. The standard InChI is InChI=1S/C37H25N5/c1-3-11-26(12-4-1)28-15-7-18-31(23-28)35-40-36(32-19-8-16-29(24-32)27-13-5-2-6-14-27)42-37(41-35)33-20-9-17-30(25-33)34-38-21-10-22-39-34/h1-25H. The minimum Gasteiger partial charge on any atom is -0.237 e. The van der Waals surface area contributed by atoms with E-state index in [4.69, 9.17) is 15.0 Å². The number of rotatable bonds is 6. The van der Waals surface area contributed by atoms with Crippen molar-refractivity contribution in [3.05, 3.63) is 152 Å². The zero-order chi connectivity index (χ0) is 28.1. The molecule has 0 spiro atoms. The van der Waals surface area contributed by atoms with E-state index in [0.29, 0.717) is 23.3 Å². The molecule has 0 radical (unpaired) electrons. The molecule has 5 heteroatoms. The topological polar surface area (TPSA) is 64.5 Å². The Kier molecular flexibility index (Phi) is 6.81. The van der Waals surface area contributed by atoms with Crippen LogP contribution in [0.3, 0.4) is 0 Å². The Hall–Kier alpha value is -5.81. The molecule has 42 heavy (non-hydrogen) atoms. The third-order valence-corrected chi connectivity index (χ3v) is 7.04. The molecule has 7 rings (SSSR count). The first-order valence-electron chi connectivity index (χ1n) is 13.8. The van der Waals surface area contributed by atoms with Crippen LogP contribution in [-0.2, 0) is 0 Å². The van der Waals surface area contributed by atoms with Gasteiger partial charge in [-0.05, 0) is 46.5 Å². The van der Waals surface area contributed by atoms with Gasteiger partial charge in [0, 0.05) is 34.6 Å². The van der Waals surface area contributed by atoms with Crippen molar-refractivity contribution in [2.24, 2.45) is 0 Å². The van der Waals surface area contributed by atoms with Crippen LogP contribution in [0.25, 0.3) is 67.8 Å². The van der Waals surface area contributed by atoms with E-state index in [1.807, 2.05) is 91.0 Å². The Morgan fingerprint density at radius 3 is 1.02 bits per heavy atom. The molecule has 198 valence electrons. The van der Waals surface area contributed by atoms with Crippen molar-refractivity contribution >= 4 is 0 Å². The molecule has 0 aliphatic carbocycles. The number of aromatic nitrogens is 5. The van der Waals surface area contributed by atoms with Crippen LogP contribution in [0.2, 0.25) is 0 Å². The Labute approximate surface area is 244 Å². The van der Waals surface area contributed by atoms with Crippen LogP contribution in [0.5, 0.6) is 0 Å². The summed E-state index contributed by atoms with van der Waals surface area (Å²) < 4.78 is 0. The lowest BCUT2D eigenvalue weighted by Crippen LogP contribution is -2.00. The molecule has 0 N–H and O–H groups in total. The van der Waals surface area contributed by atoms with Crippen LogP contribution in [0, 0.1) is 0 Å². The van der Waals surface area contributed by atoms with Crippen molar-refractivity contribution in [3.8, 4) is 67.8 Å². The molecule has 2 aromatic heterocycles. The van der Waals surface area contributed by atoms with Crippen molar-refractivity contribution in [1.29, 1.82) is 0 Å². The van der Waals surface area contributed by atoms with Crippen LogP contribution >= 0.6 is 0 Å². The summed E-state index contributed by atoms with van der Waals surface area (Å²) in [4.78, 5) is 23.8. The Balaban J connectivity index is 1.38. The van der Waals surface area contributed by atoms with Gasteiger partial charge in [-0.1, -0.05) is 115 Å². The molecule has 7 aromatic rings. The molecular formula is C37H25N5. The van der Waals surface area contributed by atoms with Crippen LogP contribution in [0.15, 0.2) is 152 Å². The van der Waals surface area contributed by atoms with Gasteiger partial charge in [0.15, 0.2) is 23.3 Å². The maximum Gasteiger partial charge on any atom is 0.164 e. The second kappa shape index (κ2) is 11.4. The fraction of sp³-hybridized carbons (Fsp3) is 0. The molecular weight excluding hydrogens is 514 g/mol. The highest BCUT2D eigenvalue weighted by Crippen LogP contribution is 2.30. The molecule has 0 atom stereocenters. The van der Waals surface area contributed by atoms with Gasteiger partial charge in [-0.15, -0.1) is 0 Å². The van der Waals surface area contributed by atoms with E-state index in [9.17, 15) is 0 Å². The highest BCUT2D eigenvalue weighted by Gasteiger charge is 2.14. The van der Waals surface area contributed by atoms with Crippen molar-refractivity contribution < 1.29 is 0 Å². The minimum absolute atomic E-state index is 0.586. The highest BCUT2D eigenvalue weighted by atomic mass is 15.0. The van der Waals surface area contributed by atoms with Crippen LogP contribution in [0.1, 0.15) is 0 Å². The number of benzene rings is 5. The first-order valence-corrected chi connectivity index (χ1v) is 13.8. The van der Waals surface area contributed by atoms with Crippen molar-refractivity contribution in [2.45, 2.75) is 0 Å². The van der Waals surface area contributed by atoms with Gasteiger partial charge in [0.1, 0.15) is 0 Å². The summed E-state index contributed by atoms with van der Waals surface area (Å²) in [7, 11) is 0. The third kappa shape index (κ3) is 5.31. The van der Waals surface area contributed by atoms with Gasteiger partial charge in [0.25, 0.3) is 0 Å². The molecule has 2 heterocycles. The summed E-state index contributed by atoms with van der Waals surface area (Å²) in [6.45, 7) is 0. The first-order chi connectivity index (χ1) is 20.8. The van der Waals surface area contributed by atoms with Crippen molar-refractivity contribution in [1.82, 2.24) is 24.9 Å². The summed E-state index contributed by atoms with van der Waals surface area (Å²) in [5, 5.41) is 0. The molecule has 0 aliphatic rings. The number of hydrogen-bond donors (Lipinski definition) is 0. The predicted octanol–water partition coefficient (Wildman–Crippen LogP) is 8.66. The summed E-state index contributed by atoms with van der Waals surface area (Å²) >= 11 is 0. The van der Waals surface area contributed by atoms with E-state index < -0.39 is 0 Å². The lowest BCUT2D eigenvalue weighted by molar-refractivity contribution is 1.07. The average Bonchev–Trinajstić information content (AvgIpc) is 3.09. The predicted molar refractivity (Wildman–Crippen MR) is 168 cm³/mol. The SMILES string of the molecule is c1ccc(-c2cccc(-c3nc(-c4cccc(-c5ccccc5)c4)nc(-c4cccc(-c5ncccn5)c4)n3)c2)cc1. The molecule has 0 aliphatic heterocycles. The van der Waals surface area contributed by atoms with E-state index in [1.54, 1.807) is 12.4 Å². The number of nitrogens with zero attached hydrogens (tertiary/aromatic N) is 5. The summed E-state index contributed by atoms with van der Waals surface area (Å²) in [6.07, 6.45) is 3.49. The van der Waals surface area contributed by atoms with E-state index >= 15 is 0 Å². The van der Waals surface area contributed by atoms with Gasteiger partial charge in [-0.3, -0.25) is 0 Å². The van der Waals surface area contributed by atoms with Crippen LogP contribution in [0.4, 0.5) is 0 Å².